The zero-order valence-electron chi connectivity index (χ0n) is 9.18. The highest BCUT2D eigenvalue weighted by Crippen LogP contribution is 2.26. The van der Waals surface area contributed by atoms with Crippen LogP contribution in [0.1, 0.15) is 26.7 Å². The molecule has 0 spiro atoms. The Hall–Kier alpha value is -0.290. The number of alkyl halides is 3. The van der Waals surface area contributed by atoms with Crippen LogP contribution in [0.3, 0.4) is 0 Å². The summed E-state index contributed by atoms with van der Waals surface area (Å²) in [6.45, 7) is 4.77. The van der Waals surface area contributed by atoms with Gasteiger partial charge in [0.25, 0.3) is 0 Å². The Bertz CT molecular complexity index is 196. The van der Waals surface area contributed by atoms with E-state index in [2.05, 4.69) is 0 Å². The van der Waals surface area contributed by atoms with Crippen molar-refractivity contribution in [1.82, 2.24) is 4.90 Å². The van der Waals surface area contributed by atoms with Crippen LogP contribution in [0.5, 0.6) is 0 Å². The SMILES string of the molecule is CCCC(C)N1CCOC(C(F)(F)F)C1. The first-order valence-electron chi connectivity index (χ1n) is 5.37. The van der Waals surface area contributed by atoms with Crippen molar-refractivity contribution in [3.8, 4) is 0 Å². The first-order chi connectivity index (χ1) is 6.95. The number of ether oxygens (including phenoxy) is 1. The molecule has 0 aromatic carbocycles. The Balaban J connectivity index is 2.48. The highest BCUT2D eigenvalue weighted by molar-refractivity contribution is 4.80. The van der Waals surface area contributed by atoms with Crippen molar-refractivity contribution < 1.29 is 17.9 Å². The minimum Gasteiger partial charge on any atom is -0.366 e. The second kappa shape index (κ2) is 5.16. The van der Waals surface area contributed by atoms with Gasteiger partial charge >= 0.3 is 6.18 Å². The highest BCUT2D eigenvalue weighted by Gasteiger charge is 2.43. The number of nitrogens with zero attached hydrogens (tertiary/aromatic N) is 1. The number of morpholine rings is 1. The quantitative estimate of drug-likeness (QED) is 0.731. The van der Waals surface area contributed by atoms with E-state index in [1.807, 2.05) is 18.7 Å². The molecular weight excluding hydrogens is 207 g/mol. The van der Waals surface area contributed by atoms with Crippen LogP contribution in [0, 0.1) is 0 Å². The van der Waals surface area contributed by atoms with Crippen LogP contribution in [0.4, 0.5) is 13.2 Å². The second-order valence-electron chi connectivity index (χ2n) is 4.03. The van der Waals surface area contributed by atoms with E-state index >= 15 is 0 Å². The zero-order valence-corrected chi connectivity index (χ0v) is 9.18. The predicted molar refractivity (Wildman–Crippen MR) is 51.7 cm³/mol. The predicted octanol–water partition coefficient (Wildman–Crippen LogP) is 2.44. The average molecular weight is 225 g/mol. The maximum Gasteiger partial charge on any atom is 0.415 e. The third-order valence-electron chi connectivity index (χ3n) is 2.79. The van der Waals surface area contributed by atoms with Crippen molar-refractivity contribution >= 4 is 0 Å². The van der Waals surface area contributed by atoms with E-state index in [9.17, 15) is 13.2 Å². The third-order valence-corrected chi connectivity index (χ3v) is 2.79. The van der Waals surface area contributed by atoms with Crippen LogP contribution in [0.15, 0.2) is 0 Å². The fourth-order valence-corrected chi connectivity index (χ4v) is 1.87. The number of rotatable bonds is 3. The fourth-order valence-electron chi connectivity index (χ4n) is 1.87. The highest BCUT2D eigenvalue weighted by atomic mass is 19.4. The van der Waals surface area contributed by atoms with Crippen LogP contribution in [-0.2, 0) is 4.74 Å². The lowest BCUT2D eigenvalue weighted by Gasteiger charge is -2.37. The second-order valence-corrected chi connectivity index (χ2v) is 4.03. The molecule has 1 saturated heterocycles. The monoisotopic (exact) mass is 225 g/mol. The molecule has 2 unspecified atom stereocenters. The van der Waals surface area contributed by atoms with Gasteiger partial charge in [0.2, 0.25) is 0 Å². The molecule has 0 bridgehead atoms. The molecule has 0 radical (unpaired) electrons. The summed E-state index contributed by atoms with van der Waals surface area (Å²) in [6, 6.07) is 0.212. The summed E-state index contributed by atoms with van der Waals surface area (Å²) >= 11 is 0. The fraction of sp³-hybridized carbons (Fsp3) is 1.00. The topological polar surface area (TPSA) is 12.5 Å². The number of hydrogen-bond donors (Lipinski definition) is 0. The first-order valence-corrected chi connectivity index (χ1v) is 5.37. The van der Waals surface area contributed by atoms with Crippen LogP contribution in [0.2, 0.25) is 0 Å². The Morgan fingerprint density at radius 1 is 1.47 bits per heavy atom. The largest absolute Gasteiger partial charge is 0.415 e. The summed E-state index contributed by atoms with van der Waals surface area (Å²) in [5, 5.41) is 0. The summed E-state index contributed by atoms with van der Waals surface area (Å²) in [5.41, 5.74) is 0. The lowest BCUT2D eigenvalue weighted by Crippen LogP contribution is -2.51. The molecule has 0 aromatic heterocycles. The van der Waals surface area contributed by atoms with Crippen molar-refractivity contribution in [2.24, 2.45) is 0 Å². The molecule has 1 aliphatic rings. The van der Waals surface area contributed by atoms with Gasteiger partial charge in [0.1, 0.15) is 0 Å². The summed E-state index contributed by atoms with van der Waals surface area (Å²) in [6.07, 6.45) is -3.91. The van der Waals surface area contributed by atoms with Crippen LogP contribution in [-0.4, -0.2) is 42.9 Å². The lowest BCUT2D eigenvalue weighted by molar-refractivity contribution is -0.239. The van der Waals surface area contributed by atoms with E-state index in [0.29, 0.717) is 6.54 Å². The van der Waals surface area contributed by atoms with E-state index in [1.165, 1.54) is 0 Å². The molecule has 2 atom stereocenters. The van der Waals surface area contributed by atoms with Gasteiger partial charge in [-0.05, 0) is 13.3 Å². The van der Waals surface area contributed by atoms with Gasteiger partial charge in [0.15, 0.2) is 6.10 Å². The smallest absolute Gasteiger partial charge is 0.366 e. The molecule has 1 aliphatic heterocycles. The van der Waals surface area contributed by atoms with Gasteiger partial charge in [-0.25, -0.2) is 0 Å². The number of halogens is 3. The molecule has 1 heterocycles. The van der Waals surface area contributed by atoms with Crippen molar-refractivity contribution in [3.63, 3.8) is 0 Å². The van der Waals surface area contributed by atoms with Gasteiger partial charge in [-0.3, -0.25) is 4.90 Å². The Morgan fingerprint density at radius 2 is 2.13 bits per heavy atom. The Kier molecular flexibility index (Phi) is 4.40. The Labute approximate surface area is 88.4 Å². The third kappa shape index (κ3) is 3.65. The maximum absolute atomic E-state index is 12.4. The molecule has 0 aliphatic carbocycles. The van der Waals surface area contributed by atoms with Crippen molar-refractivity contribution in [2.75, 3.05) is 19.7 Å². The van der Waals surface area contributed by atoms with E-state index in [-0.39, 0.29) is 19.2 Å². The van der Waals surface area contributed by atoms with Crippen molar-refractivity contribution in [3.05, 3.63) is 0 Å². The van der Waals surface area contributed by atoms with Crippen LogP contribution in [0.25, 0.3) is 0 Å². The van der Waals surface area contributed by atoms with Gasteiger partial charge in [0.05, 0.1) is 6.61 Å². The molecule has 1 rings (SSSR count). The van der Waals surface area contributed by atoms with E-state index in [4.69, 9.17) is 4.74 Å². The van der Waals surface area contributed by atoms with Gasteiger partial charge < -0.3 is 4.74 Å². The molecule has 5 heteroatoms. The summed E-state index contributed by atoms with van der Waals surface area (Å²) < 4.78 is 42.0. The molecular formula is C10H18F3NO. The summed E-state index contributed by atoms with van der Waals surface area (Å²) in [5.74, 6) is 0. The zero-order chi connectivity index (χ0) is 11.5. The minimum atomic E-state index is -4.23. The molecule has 2 nitrogen and oxygen atoms in total. The van der Waals surface area contributed by atoms with E-state index in [0.717, 1.165) is 12.8 Å². The van der Waals surface area contributed by atoms with Gasteiger partial charge in [-0.2, -0.15) is 13.2 Å². The average Bonchev–Trinajstić information content (AvgIpc) is 2.17. The van der Waals surface area contributed by atoms with E-state index in [1.54, 1.807) is 0 Å². The van der Waals surface area contributed by atoms with Gasteiger partial charge in [-0.1, -0.05) is 13.3 Å². The van der Waals surface area contributed by atoms with Crippen molar-refractivity contribution in [2.45, 2.75) is 45.0 Å². The van der Waals surface area contributed by atoms with Gasteiger partial charge in [0, 0.05) is 19.1 Å². The van der Waals surface area contributed by atoms with Gasteiger partial charge in [-0.15, -0.1) is 0 Å². The first kappa shape index (κ1) is 12.8. The Morgan fingerprint density at radius 3 is 2.67 bits per heavy atom. The molecule has 1 fully saturated rings. The molecule has 15 heavy (non-hydrogen) atoms. The maximum atomic E-state index is 12.4. The molecule has 0 N–H and O–H groups in total. The molecule has 0 amide bonds. The summed E-state index contributed by atoms with van der Waals surface area (Å²) in [7, 11) is 0. The van der Waals surface area contributed by atoms with Crippen LogP contribution >= 0.6 is 0 Å². The normalized spacial score (nSPS) is 26.6. The molecule has 0 aromatic rings. The summed E-state index contributed by atoms with van der Waals surface area (Å²) in [4.78, 5) is 1.87. The van der Waals surface area contributed by atoms with Crippen LogP contribution < -0.4 is 0 Å². The molecule has 0 saturated carbocycles. The lowest BCUT2D eigenvalue weighted by atomic mass is 10.1. The minimum absolute atomic E-state index is 0.0231. The number of hydrogen-bond acceptors (Lipinski definition) is 2. The standard InChI is InChI=1S/C10H18F3NO/c1-3-4-8(2)14-5-6-15-9(7-14)10(11,12)13/h8-9H,3-7H2,1-2H3. The van der Waals surface area contributed by atoms with Crippen molar-refractivity contribution in [1.29, 1.82) is 0 Å². The molecule has 90 valence electrons. The van der Waals surface area contributed by atoms with E-state index < -0.39 is 12.3 Å².